The minimum Gasteiger partial charge on any atom is -0.451 e. The number of aromatic nitrogens is 1. The molecule has 0 radical (unpaired) electrons. The monoisotopic (exact) mass is 313 g/mol. The van der Waals surface area contributed by atoms with Gasteiger partial charge < -0.3 is 4.42 Å². The van der Waals surface area contributed by atoms with Crippen molar-refractivity contribution in [1.29, 1.82) is 0 Å². The summed E-state index contributed by atoms with van der Waals surface area (Å²) in [5.41, 5.74) is 4.31. The van der Waals surface area contributed by atoms with Gasteiger partial charge in [0.25, 0.3) is 0 Å². The van der Waals surface area contributed by atoms with E-state index in [2.05, 4.69) is 40.7 Å². The van der Waals surface area contributed by atoms with Crippen LogP contribution in [0.2, 0.25) is 0 Å². The molecule has 0 N–H and O–H groups in total. The second-order valence-electron chi connectivity index (χ2n) is 8.76. The van der Waals surface area contributed by atoms with E-state index < -0.39 is 0 Å². The Labute approximate surface area is 138 Å². The van der Waals surface area contributed by atoms with Crippen molar-refractivity contribution in [3.05, 3.63) is 29.2 Å². The molecule has 0 aliphatic heterocycles. The van der Waals surface area contributed by atoms with Gasteiger partial charge in [-0.1, -0.05) is 34.6 Å². The van der Waals surface area contributed by atoms with Crippen molar-refractivity contribution in [2.45, 2.75) is 71.6 Å². The summed E-state index contributed by atoms with van der Waals surface area (Å²) in [6.45, 7) is 11.2. The molecule has 0 aromatic carbocycles. The minimum absolute atomic E-state index is 0.0398. The molecular weight excluding hydrogens is 286 g/mol. The summed E-state index contributed by atoms with van der Waals surface area (Å²) in [7, 11) is 0. The van der Waals surface area contributed by atoms with Crippen molar-refractivity contribution >= 4 is 17.4 Å². The van der Waals surface area contributed by atoms with Crippen molar-refractivity contribution in [2.75, 3.05) is 0 Å². The van der Waals surface area contributed by atoms with E-state index in [1.54, 1.807) is 6.07 Å². The Morgan fingerprint density at radius 1 is 1.22 bits per heavy atom. The maximum absolute atomic E-state index is 11.1. The Kier molecular flexibility index (Phi) is 3.86. The van der Waals surface area contributed by atoms with Crippen LogP contribution in [0.25, 0.3) is 11.1 Å². The number of hydrogen-bond donors (Lipinski definition) is 0. The number of aldehydes is 1. The molecule has 23 heavy (non-hydrogen) atoms. The molecule has 0 spiro atoms. The molecule has 3 rings (SSSR count). The zero-order valence-corrected chi connectivity index (χ0v) is 14.9. The van der Waals surface area contributed by atoms with Gasteiger partial charge in [-0.15, -0.1) is 0 Å². The summed E-state index contributed by atoms with van der Waals surface area (Å²) in [6, 6.07) is 3.98. The summed E-state index contributed by atoms with van der Waals surface area (Å²) in [4.78, 5) is 15.9. The van der Waals surface area contributed by atoms with Crippen molar-refractivity contribution in [3.8, 4) is 0 Å². The molecule has 1 aliphatic carbocycles. The number of furan rings is 1. The summed E-state index contributed by atoms with van der Waals surface area (Å²) in [5.74, 6) is 0.878. The number of pyridine rings is 1. The molecule has 2 aromatic heterocycles. The Balaban J connectivity index is 2.06. The number of carbonyl (C=O) groups excluding carboxylic acids is 1. The Bertz CT molecular complexity index is 724. The fourth-order valence-electron chi connectivity index (χ4n) is 3.58. The zero-order chi connectivity index (χ0) is 16.8. The maximum atomic E-state index is 11.1. The molecular formula is C20H27NO2. The normalized spacial score (nSPS) is 19.2. The third kappa shape index (κ3) is 3.19. The molecule has 1 saturated carbocycles. The molecule has 1 aliphatic rings. The number of fused-ring (bicyclic) bond motifs is 1. The highest BCUT2D eigenvalue weighted by Gasteiger charge is 2.30. The molecule has 3 nitrogen and oxygen atoms in total. The Morgan fingerprint density at radius 3 is 2.43 bits per heavy atom. The van der Waals surface area contributed by atoms with E-state index in [9.17, 15) is 4.79 Å². The second kappa shape index (κ2) is 5.47. The maximum Gasteiger partial charge on any atom is 0.185 e. The van der Waals surface area contributed by atoms with Gasteiger partial charge in [-0.05, 0) is 42.6 Å². The smallest absolute Gasteiger partial charge is 0.185 e. The quantitative estimate of drug-likeness (QED) is 0.676. The molecule has 0 unspecified atom stereocenters. The molecule has 124 valence electrons. The first-order valence-corrected chi connectivity index (χ1v) is 8.60. The predicted molar refractivity (Wildman–Crippen MR) is 93.1 cm³/mol. The topological polar surface area (TPSA) is 43.1 Å². The lowest BCUT2D eigenvalue weighted by Gasteiger charge is -2.34. The van der Waals surface area contributed by atoms with Gasteiger partial charge in [0.05, 0.1) is 0 Å². The highest BCUT2D eigenvalue weighted by Crippen LogP contribution is 2.43. The first-order valence-electron chi connectivity index (χ1n) is 8.60. The van der Waals surface area contributed by atoms with Gasteiger partial charge in [0, 0.05) is 23.2 Å². The van der Waals surface area contributed by atoms with E-state index in [1.807, 2.05) is 0 Å². The van der Waals surface area contributed by atoms with Gasteiger partial charge in [0.15, 0.2) is 17.6 Å². The van der Waals surface area contributed by atoms with Crippen LogP contribution in [0.5, 0.6) is 0 Å². The Morgan fingerprint density at radius 2 is 1.87 bits per heavy atom. The molecule has 3 heteroatoms. The van der Waals surface area contributed by atoms with Crippen molar-refractivity contribution < 1.29 is 9.21 Å². The van der Waals surface area contributed by atoms with Gasteiger partial charge >= 0.3 is 0 Å². The number of rotatable bonds is 2. The van der Waals surface area contributed by atoms with Gasteiger partial charge in [0.1, 0.15) is 5.52 Å². The lowest BCUT2D eigenvalue weighted by molar-refractivity contribution is 0.110. The standard InChI is InChI=1S/C20H27NO2/c1-19(2,3)15-11-16(13-6-8-20(4,5)9-7-13)21-17-10-14(12-22)23-18(15)17/h10-13H,6-9H2,1-5H3. The van der Waals surface area contributed by atoms with Gasteiger partial charge in [-0.3, -0.25) is 4.79 Å². The van der Waals surface area contributed by atoms with Crippen molar-refractivity contribution in [2.24, 2.45) is 5.41 Å². The lowest BCUT2D eigenvalue weighted by atomic mass is 9.72. The van der Waals surface area contributed by atoms with Gasteiger partial charge in [-0.25, -0.2) is 4.98 Å². The van der Waals surface area contributed by atoms with Crippen LogP contribution in [0.1, 0.15) is 88.0 Å². The van der Waals surface area contributed by atoms with Crippen LogP contribution in [0.4, 0.5) is 0 Å². The van der Waals surface area contributed by atoms with Crippen LogP contribution < -0.4 is 0 Å². The summed E-state index contributed by atoms with van der Waals surface area (Å²) < 4.78 is 5.72. The van der Waals surface area contributed by atoms with Crippen LogP contribution in [0, 0.1) is 5.41 Å². The van der Waals surface area contributed by atoms with E-state index in [4.69, 9.17) is 9.40 Å². The molecule has 0 bridgehead atoms. The van der Waals surface area contributed by atoms with Crippen LogP contribution in [0.3, 0.4) is 0 Å². The van der Waals surface area contributed by atoms with Crippen molar-refractivity contribution in [3.63, 3.8) is 0 Å². The lowest BCUT2D eigenvalue weighted by Crippen LogP contribution is -2.21. The summed E-state index contributed by atoms with van der Waals surface area (Å²) in [5, 5.41) is 0. The Hall–Kier alpha value is -1.64. The van der Waals surface area contributed by atoms with E-state index in [-0.39, 0.29) is 5.41 Å². The van der Waals surface area contributed by atoms with Crippen LogP contribution in [-0.4, -0.2) is 11.3 Å². The van der Waals surface area contributed by atoms with E-state index in [1.165, 1.54) is 25.7 Å². The van der Waals surface area contributed by atoms with E-state index >= 15 is 0 Å². The molecule has 1 fully saturated rings. The number of hydrogen-bond acceptors (Lipinski definition) is 3. The predicted octanol–water partition coefficient (Wildman–Crippen LogP) is 5.62. The molecule has 0 atom stereocenters. The SMILES string of the molecule is CC1(C)CCC(c2cc(C(C)(C)C)c3oc(C=O)cc3n2)CC1. The highest BCUT2D eigenvalue weighted by molar-refractivity contribution is 5.85. The molecule has 0 saturated heterocycles. The number of carbonyl (C=O) groups is 1. The average molecular weight is 313 g/mol. The highest BCUT2D eigenvalue weighted by atomic mass is 16.3. The third-order valence-electron chi connectivity index (χ3n) is 5.20. The fraction of sp³-hybridized carbons (Fsp3) is 0.600. The van der Waals surface area contributed by atoms with Crippen LogP contribution >= 0.6 is 0 Å². The largest absolute Gasteiger partial charge is 0.451 e. The molecule has 0 amide bonds. The number of nitrogens with zero attached hydrogens (tertiary/aromatic N) is 1. The van der Waals surface area contributed by atoms with Crippen molar-refractivity contribution in [1.82, 2.24) is 4.98 Å². The van der Waals surface area contributed by atoms with E-state index in [0.29, 0.717) is 17.1 Å². The third-order valence-corrected chi connectivity index (χ3v) is 5.20. The summed E-state index contributed by atoms with van der Waals surface area (Å²) in [6.07, 6.45) is 5.62. The molecule has 2 heterocycles. The first-order chi connectivity index (χ1) is 10.7. The first kappa shape index (κ1) is 16.2. The molecule has 2 aromatic rings. The van der Waals surface area contributed by atoms with Crippen LogP contribution in [-0.2, 0) is 5.41 Å². The zero-order valence-electron chi connectivity index (χ0n) is 14.9. The minimum atomic E-state index is -0.0398. The van der Waals surface area contributed by atoms with Gasteiger partial charge in [0.2, 0.25) is 0 Å². The van der Waals surface area contributed by atoms with Crippen LogP contribution in [0.15, 0.2) is 16.5 Å². The van der Waals surface area contributed by atoms with Gasteiger partial charge in [-0.2, -0.15) is 0 Å². The fourth-order valence-corrected chi connectivity index (χ4v) is 3.58. The second-order valence-corrected chi connectivity index (χ2v) is 8.76. The summed E-state index contributed by atoms with van der Waals surface area (Å²) >= 11 is 0. The average Bonchev–Trinajstić information content (AvgIpc) is 2.88. The van der Waals surface area contributed by atoms with E-state index in [0.717, 1.165) is 28.6 Å².